The highest BCUT2D eigenvalue weighted by atomic mass is 19.1. The molecule has 1 aromatic carbocycles. The van der Waals surface area contributed by atoms with E-state index in [-0.39, 0.29) is 29.7 Å². The number of amides is 1. The summed E-state index contributed by atoms with van der Waals surface area (Å²) in [4.78, 5) is 14.3. The summed E-state index contributed by atoms with van der Waals surface area (Å²) >= 11 is 0. The average Bonchev–Trinajstić information content (AvgIpc) is 2.92. The van der Waals surface area contributed by atoms with Gasteiger partial charge in [0.1, 0.15) is 5.82 Å². The third-order valence-electron chi connectivity index (χ3n) is 4.13. The van der Waals surface area contributed by atoms with Gasteiger partial charge in [-0.15, -0.1) is 0 Å². The normalized spacial score (nSPS) is 22.0. The second-order valence-corrected chi connectivity index (χ2v) is 5.69. The maximum absolute atomic E-state index is 13.1. The number of carbonyl (C=O) groups is 1. The fourth-order valence-electron chi connectivity index (χ4n) is 2.59. The van der Waals surface area contributed by atoms with E-state index >= 15 is 0 Å². The fourth-order valence-corrected chi connectivity index (χ4v) is 2.59. The van der Waals surface area contributed by atoms with Crippen LogP contribution in [0.3, 0.4) is 0 Å². The van der Waals surface area contributed by atoms with Gasteiger partial charge in [0, 0.05) is 12.2 Å². The molecule has 0 saturated carbocycles. The highest BCUT2D eigenvalue weighted by Crippen LogP contribution is 2.22. The first-order valence-electron chi connectivity index (χ1n) is 7.16. The number of nitrogen functional groups attached to an aromatic ring is 1. The molecule has 0 spiro atoms. The number of nitrogens with two attached hydrogens (primary N) is 1. The number of hydrogen-bond donors (Lipinski definition) is 3. The zero-order valence-electron chi connectivity index (χ0n) is 12.3. The van der Waals surface area contributed by atoms with Gasteiger partial charge in [0.05, 0.1) is 17.8 Å². The molecule has 1 aliphatic heterocycles. The van der Waals surface area contributed by atoms with E-state index in [0.717, 1.165) is 13.0 Å². The predicted molar refractivity (Wildman–Crippen MR) is 80.3 cm³/mol. The number of nitrogens with one attached hydrogen (secondary N) is 1. The maximum atomic E-state index is 13.1. The summed E-state index contributed by atoms with van der Waals surface area (Å²) in [7, 11) is 0. The molecule has 1 heterocycles. The molecule has 1 fully saturated rings. The largest absolute Gasteiger partial charge is 0.396 e. The minimum atomic E-state index is -0.500. The number of hydrogen-bond acceptors (Lipinski definition) is 4. The van der Waals surface area contributed by atoms with E-state index in [0.29, 0.717) is 12.2 Å². The van der Waals surface area contributed by atoms with Crippen molar-refractivity contribution < 1.29 is 14.3 Å². The lowest BCUT2D eigenvalue weighted by atomic mass is 10.0. The molecule has 0 radical (unpaired) electrons. The summed E-state index contributed by atoms with van der Waals surface area (Å²) in [5, 5.41) is 12.3. The third-order valence-corrected chi connectivity index (χ3v) is 4.13. The molecule has 21 heavy (non-hydrogen) atoms. The van der Waals surface area contributed by atoms with Gasteiger partial charge in [0.2, 0.25) is 5.91 Å². The highest BCUT2D eigenvalue weighted by molar-refractivity contribution is 5.94. The van der Waals surface area contributed by atoms with Crippen LogP contribution >= 0.6 is 0 Å². The number of nitrogens with zero attached hydrogens (tertiary/aromatic N) is 1. The Kier molecular flexibility index (Phi) is 4.80. The van der Waals surface area contributed by atoms with Gasteiger partial charge < -0.3 is 16.2 Å². The molecular weight excluding hydrogens is 273 g/mol. The van der Waals surface area contributed by atoms with Crippen LogP contribution in [0.5, 0.6) is 0 Å². The van der Waals surface area contributed by atoms with Gasteiger partial charge in [-0.05, 0) is 50.9 Å². The van der Waals surface area contributed by atoms with Crippen LogP contribution in [0.15, 0.2) is 18.2 Å². The van der Waals surface area contributed by atoms with E-state index in [9.17, 15) is 14.3 Å². The van der Waals surface area contributed by atoms with Gasteiger partial charge in [-0.1, -0.05) is 0 Å². The lowest BCUT2D eigenvalue weighted by Gasteiger charge is -2.24. The van der Waals surface area contributed by atoms with Crippen LogP contribution in [-0.4, -0.2) is 41.1 Å². The van der Waals surface area contributed by atoms with Crippen molar-refractivity contribution in [3.63, 3.8) is 0 Å². The Balaban J connectivity index is 1.95. The maximum Gasteiger partial charge on any atom is 0.241 e. The number of halogens is 1. The number of likely N-dealkylation sites (tertiary alicyclic amines) is 1. The molecule has 0 aliphatic carbocycles. The van der Waals surface area contributed by atoms with Crippen molar-refractivity contribution in [2.24, 2.45) is 5.92 Å². The van der Waals surface area contributed by atoms with Crippen molar-refractivity contribution >= 4 is 17.3 Å². The molecule has 116 valence electrons. The predicted octanol–water partition coefficient (Wildman–Crippen LogP) is 1.44. The fraction of sp³-hybridized carbons (Fsp3) is 0.533. The van der Waals surface area contributed by atoms with E-state index in [2.05, 4.69) is 5.32 Å². The Bertz CT molecular complexity index is 522. The summed E-state index contributed by atoms with van der Waals surface area (Å²) in [6, 6.07) is 3.82. The first-order chi connectivity index (χ1) is 9.88. The second kappa shape index (κ2) is 6.41. The molecule has 6 heteroatoms. The number of benzene rings is 1. The summed E-state index contributed by atoms with van der Waals surface area (Å²) in [6.07, 6.45) is 0.529. The van der Waals surface area contributed by atoms with Crippen molar-refractivity contribution in [1.82, 2.24) is 4.90 Å². The minimum Gasteiger partial charge on any atom is -0.396 e. The Morgan fingerprint density at radius 2 is 2.24 bits per heavy atom. The van der Waals surface area contributed by atoms with Crippen molar-refractivity contribution in [2.45, 2.75) is 32.4 Å². The Labute approximate surface area is 123 Å². The smallest absolute Gasteiger partial charge is 0.241 e. The van der Waals surface area contributed by atoms with Crippen LogP contribution in [0.4, 0.5) is 15.8 Å². The van der Waals surface area contributed by atoms with E-state index in [4.69, 9.17) is 5.73 Å². The molecule has 1 aromatic rings. The van der Waals surface area contributed by atoms with E-state index < -0.39 is 5.82 Å². The minimum absolute atomic E-state index is 0.01000. The first kappa shape index (κ1) is 15.7. The molecule has 0 aromatic heterocycles. The molecule has 0 bridgehead atoms. The zero-order valence-corrected chi connectivity index (χ0v) is 12.3. The van der Waals surface area contributed by atoms with Gasteiger partial charge in [-0.25, -0.2) is 4.39 Å². The quantitative estimate of drug-likeness (QED) is 0.734. The molecule has 2 rings (SSSR count). The third kappa shape index (κ3) is 3.71. The number of carbonyl (C=O) groups excluding carboxylic acids is 1. The average molecular weight is 295 g/mol. The molecule has 1 amide bonds. The number of rotatable bonds is 4. The van der Waals surface area contributed by atoms with Crippen molar-refractivity contribution in [3.05, 3.63) is 24.0 Å². The van der Waals surface area contributed by atoms with Crippen LogP contribution in [0.1, 0.15) is 20.3 Å². The van der Waals surface area contributed by atoms with Crippen LogP contribution in [0, 0.1) is 11.7 Å². The summed E-state index contributed by atoms with van der Waals surface area (Å²) in [5.41, 5.74) is 5.97. The van der Waals surface area contributed by atoms with Gasteiger partial charge in [-0.2, -0.15) is 0 Å². The summed E-state index contributed by atoms with van der Waals surface area (Å²) in [6.45, 7) is 5.10. The first-order valence-corrected chi connectivity index (χ1v) is 7.16. The van der Waals surface area contributed by atoms with Gasteiger partial charge in [0.15, 0.2) is 0 Å². The van der Waals surface area contributed by atoms with Crippen molar-refractivity contribution in [3.8, 4) is 0 Å². The standard InChI is InChI=1S/C15H22FN3O2/c1-9(19-6-5-11(8-19)10(2)20)15(21)18-12-3-4-13(16)14(17)7-12/h3-4,7,9-11,20H,5-6,8,17H2,1-2H3,(H,18,21). The van der Waals surface area contributed by atoms with Crippen LogP contribution in [-0.2, 0) is 4.79 Å². The van der Waals surface area contributed by atoms with Gasteiger partial charge in [0.25, 0.3) is 0 Å². The van der Waals surface area contributed by atoms with E-state index in [1.165, 1.54) is 18.2 Å². The van der Waals surface area contributed by atoms with Crippen LogP contribution in [0.2, 0.25) is 0 Å². The number of aliphatic hydroxyl groups excluding tert-OH is 1. The Morgan fingerprint density at radius 3 is 2.81 bits per heavy atom. The van der Waals surface area contributed by atoms with Gasteiger partial charge in [-0.3, -0.25) is 9.69 Å². The summed E-state index contributed by atoms with van der Waals surface area (Å²) in [5.74, 6) is -0.450. The number of aliphatic hydroxyl groups is 1. The van der Waals surface area contributed by atoms with Crippen LogP contribution in [0.25, 0.3) is 0 Å². The molecule has 1 saturated heterocycles. The molecule has 1 aliphatic rings. The molecule has 4 N–H and O–H groups in total. The van der Waals surface area contributed by atoms with Crippen molar-refractivity contribution in [1.29, 1.82) is 0 Å². The monoisotopic (exact) mass is 295 g/mol. The highest BCUT2D eigenvalue weighted by Gasteiger charge is 2.31. The van der Waals surface area contributed by atoms with E-state index in [1.54, 1.807) is 6.92 Å². The lowest BCUT2D eigenvalue weighted by Crippen LogP contribution is -2.41. The number of anilines is 2. The van der Waals surface area contributed by atoms with E-state index in [1.807, 2.05) is 11.8 Å². The SMILES string of the molecule is CC(O)C1CCN(C(C)C(=O)Nc2ccc(F)c(N)c2)C1. The van der Waals surface area contributed by atoms with Crippen LogP contribution < -0.4 is 11.1 Å². The zero-order chi connectivity index (χ0) is 15.6. The van der Waals surface area contributed by atoms with Crippen molar-refractivity contribution in [2.75, 3.05) is 24.1 Å². The Hall–Kier alpha value is -1.66. The molecule has 5 nitrogen and oxygen atoms in total. The molecular formula is C15H22FN3O2. The second-order valence-electron chi connectivity index (χ2n) is 5.69. The van der Waals surface area contributed by atoms with Gasteiger partial charge >= 0.3 is 0 Å². The lowest BCUT2D eigenvalue weighted by molar-refractivity contribution is -0.120. The Morgan fingerprint density at radius 1 is 1.52 bits per heavy atom. The topological polar surface area (TPSA) is 78.6 Å². The molecule has 3 atom stereocenters. The molecule has 3 unspecified atom stereocenters. The summed E-state index contributed by atoms with van der Waals surface area (Å²) < 4.78 is 13.1.